The van der Waals surface area contributed by atoms with Gasteiger partial charge in [0.2, 0.25) is 0 Å². The maximum Gasteiger partial charge on any atom is 0.116 e. The van der Waals surface area contributed by atoms with E-state index in [9.17, 15) is 5.26 Å². The van der Waals surface area contributed by atoms with Gasteiger partial charge in [0.05, 0.1) is 27.0 Å². The molecule has 0 atom stereocenters. The molecule has 2 aliphatic rings. The topological polar surface area (TPSA) is 76.7 Å². The maximum atomic E-state index is 9.49. The quantitative estimate of drug-likeness (QED) is 0.267. The minimum atomic E-state index is 0.465. The van der Waals surface area contributed by atoms with Crippen molar-refractivity contribution in [2.75, 3.05) is 24.3 Å². The Balaban J connectivity index is 1.50. The molecule has 0 saturated heterocycles. The van der Waals surface area contributed by atoms with Crippen LogP contribution in [-0.4, -0.2) is 18.5 Å². The highest BCUT2D eigenvalue weighted by atomic mass is 35.5. The van der Waals surface area contributed by atoms with Crippen LogP contribution in [0, 0.1) is 11.3 Å². The van der Waals surface area contributed by atoms with Crippen LogP contribution in [0.25, 0.3) is 10.6 Å². The zero-order chi connectivity index (χ0) is 20.4. The first kappa shape index (κ1) is 19.3. The molecule has 1 aliphatic carbocycles. The summed E-state index contributed by atoms with van der Waals surface area (Å²) in [6.45, 7) is 0. The van der Waals surface area contributed by atoms with Crippen LogP contribution >= 0.6 is 32.5 Å². The molecule has 0 fully saturated rings. The molecule has 1 heterocycles. The molecule has 0 spiro atoms. The molecular weight excluding hydrogens is 424 g/mol. The standard InChI is InChI=1S/C20H15ClN6S2/c1-27(2)15-9-7-14(8-10-15)25-24-13-5-3-12(4-6-13)23-18-16(11-22)19-20(17(18)21)28-29-26-19/h3-10,23H,1-2H3. The fourth-order valence-corrected chi connectivity index (χ4v) is 5.09. The van der Waals surface area contributed by atoms with E-state index in [4.69, 9.17) is 11.6 Å². The number of nitrogens with one attached hydrogen (secondary N) is 1. The van der Waals surface area contributed by atoms with Gasteiger partial charge in [0.15, 0.2) is 0 Å². The molecule has 2 aromatic rings. The number of azo groups is 1. The number of anilines is 3. The van der Waals surface area contributed by atoms with Crippen molar-refractivity contribution in [1.82, 2.24) is 4.37 Å². The van der Waals surface area contributed by atoms with Crippen molar-refractivity contribution >= 4 is 60.9 Å². The molecule has 1 N–H and O–H groups in total. The average Bonchev–Trinajstić information content (AvgIpc) is 3.30. The second kappa shape index (κ2) is 8.17. The molecule has 144 valence electrons. The third kappa shape index (κ3) is 3.93. The van der Waals surface area contributed by atoms with Crippen LogP contribution in [0.4, 0.5) is 28.4 Å². The SMILES string of the molecule is CN(C)c1ccc(N=Nc2ccc(Nc3c(Cl)c4ssnc-4c3C#N)cc2)cc1. The summed E-state index contributed by atoms with van der Waals surface area (Å²) in [5.41, 5.74) is 5.13. The Bertz CT molecular complexity index is 1170. The summed E-state index contributed by atoms with van der Waals surface area (Å²) in [7, 11) is 6.78. The number of halogens is 1. The molecular formula is C20H15ClN6S2. The third-order valence-corrected chi connectivity index (χ3v) is 6.60. The fraction of sp³-hybridized carbons (Fsp3) is 0.100. The Hall–Kier alpha value is -2.99. The number of aromatic nitrogens is 1. The van der Waals surface area contributed by atoms with E-state index in [-0.39, 0.29) is 0 Å². The van der Waals surface area contributed by atoms with Crippen LogP contribution in [0.15, 0.2) is 58.8 Å². The van der Waals surface area contributed by atoms with Gasteiger partial charge < -0.3 is 10.2 Å². The van der Waals surface area contributed by atoms with Crippen molar-refractivity contribution in [1.29, 1.82) is 5.26 Å². The van der Waals surface area contributed by atoms with Gasteiger partial charge >= 0.3 is 0 Å². The first-order valence-corrected chi connectivity index (χ1v) is 11.1. The molecule has 0 amide bonds. The second-order valence-electron chi connectivity index (χ2n) is 6.39. The Morgan fingerprint density at radius 2 is 1.66 bits per heavy atom. The normalized spacial score (nSPS) is 11.1. The highest BCUT2D eigenvalue weighted by molar-refractivity contribution is 7.68. The zero-order valence-corrected chi connectivity index (χ0v) is 17.9. The van der Waals surface area contributed by atoms with E-state index in [1.807, 2.05) is 67.5 Å². The molecule has 0 radical (unpaired) electrons. The van der Waals surface area contributed by atoms with E-state index in [1.165, 1.54) is 20.9 Å². The summed E-state index contributed by atoms with van der Waals surface area (Å²) in [5, 5.41) is 21.8. The van der Waals surface area contributed by atoms with Gasteiger partial charge in [-0.05, 0) is 48.5 Å². The molecule has 1 aliphatic heterocycles. The number of fused-ring (bicyclic) bond motifs is 1. The highest BCUT2D eigenvalue weighted by Crippen LogP contribution is 2.47. The summed E-state index contributed by atoms with van der Waals surface area (Å²) in [6.07, 6.45) is 0. The monoisotopic (exact) mass is 438 g/mol. The van der Waals surface area contributed by atoms with Crippen LogP contribution in [-0.2, 0) is 0 Å². The van der Waals surface area contributed by atoms with Crippen LogP contribution < -0.4 is 10.2 Å². The van der Waals surface area contributed by atoms with E-state index in [0.29, 0.717) is 22.0 Å². The van der Waals surface area contributed by atoms with Crippen molar-refractivity contribution in [3.05, 3.63) is 59.1 Å². The number of nitrogens with zero attached hydrogens (tertiary/aromatic N) is 5. The molecule has 6 nitrogen and oxygen atoms in total. The Labute approximate surface area is 180 Å². The van der Waals surface area contributed by atoms with Crippen molar-refractivity contribution < 1.29 is 0 Å². The lowest BCUT2D eigenvalue weighted by atomic mass is 10.2. The Kier molecular flexibility index (Phi) is 5.45. The molecule has 4 rings (SSSR count). The predicted molar refractivity (Wildman–Crippen MR) is 121 cm³/mol. The van der Waals surface area contributed by atoms with Gasteiger partial charge in [0.1, 0.15) is 17.3 Å². The van der Waals surface area contributed by atoms with Gasteiger partial charge in [0, 0.05) is 36.0 Å². The summed E-state index contributed by atoms with van der Waals surface area (Å²) in [6, 6.07) is 17.5. The van der Waals surface area contributed by atoms with Crippen molar-refractivity contribution in [2.45, 2.75) is 0 Å². The minimum Gasteiger partial charge on any atom is -0.378 e. The molecule has 0 saturated carbocycles. The van der Waals surface area contributed by atoms with E-state index >= 15 is 0 Å². The minimum absolute atomic E-state index is 0.465. The Morgan fingerprint density at radius 3 is 2.24 bits per heavy atom. The predicted octanol–water partition coefficient (Wildman–Crippen LogP) is 7.06. The molecule has 0 bridgehead atoms. The van der Waals surface area contributed by atoms with Gasteiger partial charge in [-0.1, -0.05) is 21.9 Å². The lowest BCUT2D eigenvalue weighted by Crippen LogP contribution is -2.07. The van der Waals surface area contributed by atoms with Crippen LogP contribution in [0.1, 0.15) is 5.56 Å². The molecule has 29 heavy (non-hydrogen) atoms. The Morgan fingerprint density at radius 1 is 1.03 bits per heavy atom. The number of nitriles is 1. The fourth-order valence-electron chi connectivity index (χ4n) is 2.73. The third-order valence-electron chi connectivity index (χ3n) is 4.27. The zero-order valence-electron chi connectivity index (χ0n) is 15.5. The molecule has 9 heteroatoms. The van der Waals surface area contributed by atoms with E-state index in [1.54, 1.807) is 0 Å². The van der Waals surface area contributed by atoms with Gasteiger partial charge in [-0.2, -0.15) is 19.9 Å². The van der Waals surface area contributed by atoms with Crippen molar-refractivity contribution in [3.8, 4) is 16.6 Å². The maximum absolute atomic E-state index is 9.49. The number of benzene rings is 2. The average molecular weight is 439 g/mol. The lowest BCUT2D eigenvalue weighted by molar-refractivity contribution is 1.13. The van der Waals surface area contributed by atoms with Gasteiger partial charge in [0.25, 0.3) is 0 Å². The van der Waals surface area contributed by atoms with Crippen molar-refractivity contribution in [2.24, 2.45) is 10.2 Å². The summed E-state index contributed by atoms with van der Waals surface area (Å²) < 4.78 is 4.28. The summed E-state index contributed by atoms with van der Waals surface area (Å²) in [4.78, 5) is 2.87. The van der Waals surface area contributed by atoms with E-state index in [2.05, 4.69) is 26.0 Å². The molecule has 0 unspecified atom stereocenters. The van der Waals surface area contributed by atoms with Gasteiger partial charge in [-0.25, -0.2) is 0 Å². The first-order chi connectivity index (χ1) is 14.1. The summed E-state index contributed by atoms with van der Waals surface area (Å²) in [5.74, 6) is 0. The smallest absolute Gasteiger partial charge is 0.116 e. The van der Waals surface area contributed by atoms with Crippen molar-refractivity contribution in [3.63, 3.8) is 0 Å². The number of hydrogen-bond acceptors (Lipinski definition) is 8. The van der Waals surface area contributed by atoms with Gasteiger partial charge in [-0.15, -0.1) is 0 Å². The molecule has 2 aromatic carbocycles. The summed E-state index contributed by atoms with van der Waals surface area (Å²) >= 11 is 6.44. The first-order valence-electron chi connectivity index (χ1n) is 8.60. The lowest BCUT2D eigenvalue weighted by Gasteiger charge is -2.11. The van der Waals surface area contributed by atoms with Gasteiger partial charge in [-0.3, -0.25) is 0 Å². The van der Waals surface area contributed by atoms with E-state index < -0.39 is 0 Å². The molecule has 0 aromatic heterocycles. The number of rotatable bonds is 5. The highest BCUT2D eigenvalue weighted by Gasteiger charge is 2.25. The van der Waals surface area contributed by atoms with Crippen LogP contribution in [0.3, 0.4) is 0 Å². The van der Waals surface area contributed by atoms with Crippen LogP contribution in [0.2, 0.25) is 5.02 Å². The second-order valence-corrected chi connectivity index (χ2v) is 8.62. The largest absolute Gasteiger partial charge is 0.378 e. The van der Waals surface area contributed by atoms with Crippen LogP contribution in [0.5, 0.6) is 0 Å². The van der Waals surface area contributed by atoms with E-state index in [0.717, 1.165) is 27.6 Å². The number of hydrogen-bond donors (Lipinski definition) is 1.